The zero-order valence-corrected chi connectivity index (χ0v) is 20.0. The number of amides is 1. The lowest BCUT2D eigenvalue weighted by Crippen LogP contribution is -2.43. The van der Waals surface area contributed by atoms with Crippen molar-refractivity contribution in [3.05, 3.63) is 50.5 Å². The van der Waals surface area contributed by atoms with Crippen molar-refractivity contribution in [3.8, 4) is 0 Å². The molecule has 1 aromatic heterocycles. The van der Waals surface area contributed by atoms with Crippen molar-refractivity contribution < 1.29 is 22.4 Å². The zero-order chi connectivity index (χ0) is 23.0. The van der Waals surface area contributed by atoms with Gasteiger partial charge >= 0.3 is 0 Å². The number of halogens is 6. The number of hydrogen-bond acceptors (Lipinski definition) is 3. The Morgan fingerprint density at radius 3 is 2.67 bits per heavy atom. The van der Waals surface area contributed by atoms with Gasteiger partial charge in [-0.2, -0.15) is 0 Å². The van der Waals surface area contributed by atoms with E-state index in [1.54, 1.807) is 4.57 Å². The minimum Gasteiger partial charge on any atom is -0.354 e. The Labute approximate surface area is 204 Å². The van der Waals surface area contributed by atoms with Crippen molar-refractivity contribution in [2.75, 3.05) is 26.2 Å². The molecule has 1 saturated heterocycles. The van der Waals surface area contributed by atoms with Crippen LogP contribution in [0.25, 0.3) is 0 Å². The van der Waals surface area contributed by atoms with Crippen molar-refractivity contribution in [2.45, 2.75) is 44.1 Å². The van der Waals surface area contributed by atoms with Gasteiger partial charge in [-0.3, -0.25) is 4.79 Å². The summed E-state index contributed by atoms with van der Waals surface area (Å²) in [6.07, 6.45) is 0.0376. The van der Waals surface area contributed by atoms with Crippen LogP contribution in [-0.2, 0) is 24.2 Å². The number of nitrogens with one attached hydrogen (secondary N) is 2. The van der Waals surface area contributed by atoms with Crippen LogP contribution >= 0.6 is 36.2 Å². The number of rotatable bonds is 6. The van der Waals surface area contributed by atoms with Crippen LogP contribution in [0.4, 0.5) is 17.6 Å². The predicted octanol–water partition coefficient (Wildman–Crippen LogP) is 4.63. The maximum absolute atomic E-state index is 14.5. The molecule has 4 rings (SSSR count). The van der Waals surface area contributed by atoms with Crippen LogP contribution in [0.1, 0.15) is 35.7 Å². The van der Waals surface area contributed by atoms with Gasteiger partial charge in [0.25, 0.3) is 5.92 Å². The van der Waals surface area contributed by atoms with Gasteiger partial charge in [-0.15, -0.1) is 12.4 Å². The topological polar surface area (TPSA) is 53.1 Å². The Kier molecular flexibility index (Phi) is 8.14. The van der Waals surface area contributed by atoms with Gasteiger partial charge in [0, 0.05) is 68.4 Å². The molecule has 2 N–H and O–H groups in total. The number of fused-ring (bicyclic) bond motifs is 1. The van der Waals surface area contributed by atoms with E-state index >= 15 is 0 Å². The molecule has 2 aliphatic rings. The number of alkyl halides is 2. The van der Waals surface area contributed by atoms with Crippen molar-refractivity contribution in [1.82, 2.24) is 19.8 Å². The minimum absolute atomic E-state index is 0. The summed E-state index contributed by atoms with van der Waals surface area (Å²) in [6.45, 7) is 1.76. The minimum atomic E-state index is -2.60. The average Bonchev–Trinajstić information content (AvgIpc) is 3.28. The maximum atomic E-state index is 14.5. The summed E-state index contributed by atoms with van der Waals surface area (Å²) in [5.41, 5.74) is 1.28. The number of nitrogens with zero attached hydrogens (tertiary/aromatic N) is 2. The third-order valence-electron chi connectivity index (χ3n) is 6.18. The van der Waals surface area contributed by atoms with E-state index in [-0.39, 0.29) is 48.2 Å². The van der Waals surface area contributed by atoms with Gasteiger partial charge in [0.05, 0.1) is 11.4 Å². The van der Waals surface area contributed by atoms with Gasteiger partial charge in [-0.05, 0) is 30.8 Å². The fourth-order valence-electron chi connectivity index (χ4n) is 4.44. The molecule has 2 aliphatic heterocycles. The van der Waals surface area contributed by atoms with E-state index in [0.29, 0.717) is 49.6 Å². The van der Waals surface area contributed by atoms with Crippen LogP contribution < -0.4 is 5.32 Å². The summed E-state index contributed by atoms with van der Waals surface area (Å²) in [5.74, 6) is -4.74. The molecule has 2 aromatic rings. The monoisotopic (exact) mass is 526 g/mol. The SMILES string of the molecule is Cl.O=C(Cc1[nH]c(=S)n2c1CC(c1c(F)ccc(Cl)c1F)C2)NCCN1CCC(F)(F)CC1. The normalized spacial score (nSPS) is 19.7. The molecule has 0 aliphatic carbocycles. The van der Waals surface area contributed by atoms with Crippen LogP contribution in [0.15, 0.2) is 12.1 Å². The summed E-state index contributed by atoms with van der Waals surface area (Å²) >= 11 is 11.2. The number of carbonyl (C=O) groups excluding carboxylic acids is 1. The number of piperidine rings is 1. The third kappa shape index (κ3) is 5.72. The predicted molar refractivity (Wildman–Crippen MR) is 122 cm³/mol. The number of carbonyl (C=O) groups is 1. The Morgan fingerprint density at radius 1 is 1.27 bits per heavy atom. The lowest BCUT2D eigenvalue weighted by Gasteiger charge is -2.31. The van der Waals surface area contributed by atoms with Gasteiger partial charge in [-0.1, -0.05) is 11.6 Å². The zero-order valence-electron chi connectivity index (χ0n) is 17.6. The molecular weight excluding hydrogens is 503 g/mol. The summed E-state index contributed by atoms with van der Waals surface area (Å²) in [4.78, 5) is 17.3. The van der Waals surface area contributed by atoms with Crippen molar-refractivity contribution >= 4 is 42.1 Å². The number of likely N-dealkylation sites (tertiary alicyclic amines) is 1. The van der Waals surface area contributed by atoms with E-state index in [4.69, 9.17) is 23.8 Å². The fraction of sp³-hybridized carbons (Fsp3) is 0.524. The molecule has 1 fully saturated rings. The van der Waals surface area contributed by atoms with Crippen LogP contribution in [0.3, 0.4) is 0 Å². The highest BCUT2D eigenvalue weighted by atomic mass is 35.5. The number of imidazole rings is 1. The van der Waals surface area contributed by atoms with E-state index in [1.807, 2.05) is 4.90 Å². The average molecular weight is 527 g/mol. The molecule has 0 saturated carbocycles. The molecule has 33 heavy (non-hydrogen) atoms. The Hall–Kier alpha value is -1.62. The lowest BCUT2D eigenvalue weighted by atomic mass is 9.95. The van der Waals surface area contributed by atoms with Gasteiger partial charge in [-0.25, -0.2) is 17.6 Å². The smallest absolute Gasteiger partial charge is 0.250 e. The number of H-pyrrole nitrogens is 1. The van der Waals surface area contributed by atoms with Gasteiger partial charge < -0.3 is 19.8 Å². The second kappa shape index (κ2) is 10.3. The highest BCUT2D eigenvalue weighted by molar-refractivity contribution is 7.71. The van der Waals surface area contributed by atoms with E-state index < -0.39 is 23.5 Å². The second-order valence-electron chi connectivity index (χ2n) is 8.35. The van der Waals surface area contributed by atoms with E-state index in [1.165, 1.54) is 6.07 Å². The Bertz CT molecular complexity index is 1080. The number of benzene rings is 1. The first-order chi connectivity index (χ1) is 15.1. The number of aromatic nitrogens is 2. The van der Waals surface area contributed by atoms with Gasteiger partial charge in [0.2, 0.25) is 5.91 Å². The number of aromatic amines is 1. The van der Waals surface area contributed by atoms with E-state index in [9.17, 15) is 22.4 Å². The largest absolute Gasteiger partial charge is 0.354 e. The molecule has 5 nitrogen and oxygen atoms in total. The molecule has 182 valence electrons. The first-order valence-electron chi connectivity index (χ1n) is 10.5. The van der Waals surface area contributed by atoms with Gasteiger partial charge in [0.15, 0.2) is 4.77 Å². The molecule has 0 spiro atoms. The molecule has 1 unspecified atom stereocenters. The Morgan fingerprint density at radius 2 is 1.97 bits per heavy atom. The van der Waals surface area contributed by atoms with Crippen LogP contribution in [0.2, 0.25) is 5.02 Å². The first kappa shape index (κ1) is 26.0. The summed E-state index contributed by atoms with van der Waals surface area (Å²) in [5, 5.41) is 2.66. The molecular formula is C21H24Cl2F4N4OS. The van der Waals surface area contributed by atoms with Crippen LogP contribution in [-0.4, -0.2) is 52.5 Å². The molecule has 1 atom stereocenters. The molecule has 1 amide bonds. The van der Waals surface area contributed by atoms with E-state index in [0.717, 1.165) is 11.8 Å². The fourth-order valence-corrected chi connectivity index (χ4v) is 4.91. The standard InChI is InChI=1S/C21H23ClF4N4OS.ClH/c22-13-1-2-14(23)18(19(13)24)12-9-16-15(28-20(32)30(16)11-12)10-17(31)27-5-8-29-6-3-21(25,26)4-7-29;/h1-2,12H,3-11H2,(H,27,31)(H,28,32);1H. The number of hydrogen-bond donors (Lipinski definition) is 2. The van der Waals surface area contributed by atoms with Crippen LogP contribution in [0.5, 0.6) is 0 Å². The second-order valence-corrected chi connectivity index (χ2v) is 9.14. The van der Waals surface area contributed by atoms with Crippen LogP contribution in [0, 0.1) is 16.4 Å². The first-order valence-corrected chi connectivity index (χ1v) is 11.2. The summed E-state index contributed by atoms with van der Waals surface area (Å²) < 4.78 is 57.4. The highest BCUT2D eigenvalue weighted by Crippen LogP contribution is 2.36. The van der Waals surface area contributed by atoms with Gasteiger partial charge in [0.1, 0.15) is 11.6 Å². The molecule has 12 heteroatoms. The molecule has 0 bridgehead atoms. The van der Waals surface area contributed by atoms with E-state index in [2.05, 4.69) is 10.3 Å². The Balaban J connectivity index is 0.00000306. The maximum Gasteiger partial charge on any atom is 0.250 e. The molecule has 3 heterocycles. The van der Waals surface area contributed by atoms with Crippen molar-refractivity contribution in [3.63, 3.8) is 0 Å². The summed E-state index contributed by atoms with van der Waals surface area (Å²) in [6, 6.07) is 2.33. The van der Waals surface area contributed by atoms with Crippen molar-refractivity contribution in [1.29, 1.82) is 0 Å². The molecule has 0 radical (unpaired) electrons. The quantitative estimate of drug-likeness (QED) is 0.328. The highest BCUT2D eigenvalue weighted by Gasteiger charge is 2.34. The molecule has 1 aromatic carbocycles. The van der Waals surface area contributed by atoms with Crippen molar-refractivity contribution in [2.24, 2.45) is 0 Å². The third-order valence-corrected chi connectivity index (χ3v) is 6.80. The lowest BCUT2D eigenvalue weighted by molar-refractivity contribution is -0.120. The summed E-state index contributed by atoms with van der Waals surface area (Å²) in [7, 11) is 0.